The lowest BCUT2D eigenvalue weighted by atomic mass is 9.82. The Morgan fingerprint density at radius 2 is 0.941 bits per heavy atom. The molecule has 0 heterocycles. The van der Waals surface area contributed by atoms with Crippen LogP contribution < -0.4 is 42.5 Å². The van der Waals surface area contributed by atoms with Gasteiger partial charge in [0, 0.05) is 35.6 Å². The van der Waals surface area contributed by atoms with Crippen LogP contribution in [0.3, 0.4) is 0 Å². The molecule has 8 N–H and O–H groups in total. The number of rotatable bonds is 12. The van der Waals surface area contributed by atoms with Crippen LogP contribution in [0.4, 0.5) is 11.4 Å². The molecule has 34 heavy (non-hydrogen) atoms. The molecule has 1 aliphatic carbocycles. The maximum absolute atomic E-state index is 13.8. The van der Waals surface area contributed by atoms with Crippen LogP contribution in [-0.4, -0.2) is 78.5 Å². The van der Waals surface area contributed by atoms with Crippen molar-refractivity contribution < 1.29 is 9.59 Å². The average molecular weight is 469 g/mol. The summed E-state index contributed by atoms with van der Waals surface area (Å²) in [5, 5.41) is 26.0. The molecule has 0 atom stereocenters. The summed E-state index contributed by atoms with van der Waals surface area (Å²) in [6, 6.07) is 10.6. The standard InChI is InChI=1S/C24H36N8O2/c1-25-13-23(27-3,28-4)31-17-11-12-18(32-24(29-5,30-6)14-26-2)20-19(17)21(33)15-9-7-8-10-16(15)22(20)34/h7-12,25-32H,13-14H2,1-6H3. The topological polar surface area (TPSA) is 130 Å². The second-order valence-electron chi connectivity index (χ2n) is 8.24. The van der Waals surface area contributed by atoms with Crippen molar-refractivity contribution in [3.05, 3.63) is 58.7 Å². The van der Waals surface area contributed by atoms with Crippen LogP contribution in [0.2, 0.25) is 0 Å². The molecule has 0 aliphatic heterocycles. The van der Waals surface area contributed by atoms with Crippen LogP contribution in [0.25, 0.3) is 0 Å². The van der Waals surface area contributed by atoms with Crippen LogP contribution >= 0.6 is 0 Å². The number of benzene rings is 2. The monoisotopic (exact) mass is 468 g/mol. The molecule has 10 heteroatoms. The smallest absolute Gasteiger partial charge is 0.196 e. The first-order chi connectivity index (χ1) is 16.3. The first-order valence-corrected chi connectivity index (χ1v) is 11.3. The lowest BCUT2D eigenvalue weighted by Gasteiger charge is -2.38. The Morgan fingerprint density at radius 1 is 0.588 bits per heavy atom. The van der Waals surface area contributed by atoms with Crippen LogP contribution in [0, 0.1) is 0 Å². The van der Waals surface area contributed by atoms with E-state index in [1.54, 1.807) is 24.3 Å². The van der Waals surface area contributed by atoms with Crippen LogP contribution in [-0.2, 0) is 0 Å². The lowest BCUT2D eigenvalue weighted by molar-refractivity contribution is 0.0980. The van der Waals surface area contributed by atoms with Crippen molar-refractivity contribution in [2.75, 3.05) is 66.0 Å². The van der Waals surface area contributed by atoms with E-state index < -0.39 is 11.6 Å². The Kier molecular flexibility index (Phi) is 8.03. The highest BCUT2D eigenvalue weighted by molar-refractivity contribution is 6.32. The second kappa shape index (κ2) is 10.6. The molecule has 10 nitrogen and oxygen atoms in total. The average Bonchev–Trinajstić information content (AvgIpc) is 2.87. The van der Waals surface area contributed by atoms with Gasteiger partial charge in [-0.05, 0) is 54.4 Å². The number of likely N-dealkylation sites (N-methyl/N-ethyl adjacent to an activating group) is 6. The molecule has 0 unspecified atom stereocenters. The van der Waals surface area contributed by atoms with Crippen molar-refractivity contribution in [3.8, 4) is 0 Å². The molecular weight excluding hydrogens is 432 g/mol. The van der Waals surface area contributed by atoms with Crippen molar-refractivity contribution in [1.29, 1.82) is 0 Å². The van der Waals surface area contributed by atoms with Crippen molar-refractivity contribution in [3.63, 3.8) is 0 Å². The minimum atomic E-state index is -0.746. The van der Waals surface area contributed by atoms with Gasteiger partial charge in [0.25, 0.3) is 0 Å². The summed E-state index contributed by atoms with van der Waals surface area (Å²) in [6.45, 7) is 1.02. The molecule has 184 valence electrons. The number of hydrogen-bond donors (Lipinski definition) is 8. The van der Waals surface area contributed by atoms with Crippen molar-refractivity contribution in [2.45, 2.75) is 11.6 Å². The van der Waals surface area contributed by atoms with Gasteiger partial charge in [0.05, 0.1) is 11.1 Å². The Balaban J connectivity index is 2.22. The molecule has 0 bridgehead atoms. The molecule has 2 aromatic carbocycles. The van der Waals surface area contributed by atoms with Gasteiger partial charge in [-0.2, -0.15) is 0 Å². The normalized spacial score (nSPS) is 13.5. The highest BCUT2D eigenvalue weighted by Gasteiger charge is 2.37. The summed E-state index contributed by atoms with van der Waals surface area (Å²) in [4.78, 5) is 27.5. The molecule has 0 saturated carbocycles. The number of ketones is 2. The van der Waals surface area contributed by atoms with Gasteiger partial charge in [-0.3, -0.25) is 30.9 Å². The molecule has 0 radical (unpaired) electrons. The van der Waals surface area contributed by atoms with Gasteiger partial charge in [-0.25, -0.2) is 0 Å². The van der Waals surface area contributed by atoms with Crippen LogP contribution in [0.5, 0.6) is 0 Å². The van der Waals surface area contributed by atoms with Crippen LogP contribution in [0.15, 0.2) is 36.4 Å². The highest BCUT2D eigenvalue weighted by Crippen LogP contribution is 2.37. The largest absolute Gasteiger partial charge is 0.353 e. The molecule has 3 rings (SSSR count). The number of anilines is 2. The first kappa shape index (κ1) is 25.8. The summed E-state index contributed by atoms with van der Waals surface area (Å²) in [6.07, 6.45) is 0. The fourth-order valence-corrected chi connectivity index (χ4v) is 4.36. The van der Waals surface area contributed by atoms with E-state index in [-0.39, 0.29) is 11.6 Å². The Labute approximate surface area is 201 Å². The van der Waals surface area contributed by atoms with E-state index in [9.17, 15) is 9.59 Å². The van der Waals surface area contributed by atoms with Gasteiger partial charge in [0.15, 0.2) is 23.1 Å². The molecule has 0 aromatic heterocycles. The number of carbonyl (C=O) groups is 2. The van der Waals surface area contributed by atoms with E-state index in [1.807, 2.05) is 54.4 Å². The van der Waals surface area contributed by atoms with Crippen molar-refractivity contribution in [2.24, 2.45) is 0 Å². The van der Waals surface area contributed by atoms with Gasteiger partial charge >= 0.3 is 0 Å². The zero-order chi connectivity index (χ0) is 24.9. The Morgan fingerprint density at radius 3 is 1.24 bits per heavy atom. The molecule has 0 saturated heterocycles. The number of fused-ring (bicyclic) bond motifs is 2. The van der Waals surface area contributed by atoms with Crippen molar-refractivity contribution >= 4 is 22.9 Å². The molecule has 0 spiro atoms. The third-order valence-corrected chi connectivity index (χ3v) is 6.36. The summed E-state index contributed by atoms with van der Waals surface area (Å²) >= 11 is 0. The van der Waals surface area contributed by atoms with E-state index in [1.165, 1.54) is 0 Å². The predicted octanol–water partition coefficient (Wildman–Crippen LogP) is -0.0902. The van der Waals surface area contributed by atoms with Gasteiger partial charge in [-0.1, -0.05) is 24.3 Å². The minimum Gasteiger partial charge on any atom is -0.353 e. The van der Waals surface area contributed by atoms with Gasteiger partial charge in [-0.15, -0.1) is 0 Å². The summed E-state index contributed by atoms with van der Waals surface area (Å²) < 4.78 is 0. The maximum Gasteiger partial charge on any atom is 0.196 e. The van der Waals surface area contributed by atoms with E-state index in [2.05, 4.69) is 42.5 Å². The number of hydrogen-bond acceptors (Lipinski definition) is 10. The molecule has 1 aliphatic rings. The highest BCUT2D eigenvalue weighted by atomic mass is 16.1. The lowest BCUT2D eigenvalue weighted by Crippen LogP contribution is -2.65. The first-order valence-electron chi connectivity index (χ1n) is 11.3. The number of carbonyl (C=O) groups excluding carboxylic acids is 2. The third kappa shape index (κ3) is 4.56. The molecule has 0 amide bonds. The third-order valence-electron chi connectivity index (χ3n) is 6.36. The summed E-state index contributed by atoms with van der Waals surface area (Å²) in [7, 11) is 11.0. The predicted molar refractivity (Wildman–Crippen MR) is 137 cm³/mol. The summed E-state index contributed by atoms with van der Waals surface area (Å²) in [5.74, 6) is -1.89. The zero-order valence-corrected chi connectivity index (χ0v) is 20.7. The molecule has 2 aromatic rings. The van der Waals surface area contributed by atoms with E-state index in [0.717, 1.165) is 0 Å². The quantitative estimate of drug-likeness (QED) is 0.171. The molecule has 0 fully saturated rings. The second-order valence-corrected chi connectivity index (χ2v) is 8.24. The minimum absolute atomic E-state index is 0.199. The van der Waals surface area contributed by atoms with E-state index in [4.69, 9.17) is 0 Å². The molecular formula is C24H36N8O2. The van der Waals surface area contributed by atoms with Crippen molar-refractivity contribution in [1.82, 2.24) is 31.9 Å². The van der Waals surface area contributed by atoms with Crippen LogP contribution in [0.1, 0.15) is 31.8 Å². The Bertz CT molecular complexity index is 965. The fraction of sp³-hybridized carbons (Fsp3) is 0.417. The van der Waals surface area contributed by atoms with Gasteiger partial charge in [0.2, 0.25) is 0 Å². The zero-order valence-electron chi connectivity index (χ0n) is 20.7. The fourth-order valence-electron chi connectivity index (χ4n) is 4.36. The summed E-state index contributed by atoms with van der Waals surface area (Å²) in [5.41, 5.74) is 2.59. The number of nitrogens with one attached hydrogen (secondary N) is 8. The SMILES string of the molecule is CNCC(NC)(NC)Nc1ccc(NC(CNC)(NC)NC)c2c1C(=O)c1ccccc1C2=O. The van der Waals surface area contributed by atoms with E-state index in [0.29, 0.717) is 46.7 Å². The van der Waals surface area contributed by atoms with Gasteiger partial charge < -0.3 is 21.3 Å². The van der Waals surface area contributed by atoms with Gasteiger partial charge in [0.1, 0.15) is 0 Å². The Hall–Kier alpha value is -2.86. The maximum atomic E-state index is 13.8. The van der Waals surface area contributed by atoms with E-state index >= 15 is 0 Å².